The number of aromatic nitrogens is 2. The Balaban J connectivity index is 1.79. The van der Waals surface area contributed by atoms with Crippen LogP contribution in [-0.2, 0) is 6.42 Å². The number of rotatable bonds is 4. The van der Waals surface area contributed by atoms with Crippen LogP contribution in [0.3, 0.4) is 0 Å². The summed E-state index contributed by atoms with van der Waals surface area (Å²) in [6.45, 7) is 5.03. The first-order valence-corrected chi connectivity index (χ1v) is 8.49. The highest BCUT2D eigenvalue weighted by Gasteiger charge is 2.13. The van der Waals surface area contributed by atoms with E-state index < -0.39 is 0 Å². The molecule has 2 aromatic rings. The molecule has 0 unspecified atom stereocenters. The molecule has 1 aliphatic heterocycles. The number of nitrogens with zero attached hydrogens (tertiary/aromatic N) is 2. The van der Waals surface area contributed by atoms with Crippen LogP contribution in [0, 0.1) is 13.8 Å². The van der Waals surface area contributed by atoms with Crippen LogP contribution in [0.2, 0.25) is 0 Å². The molecule has 1 aliphatic rings. The van der Waals surface area contributed by atoms with Gasteiger partial charge in [-0.2, -0.15) is 0 Å². The predicted molar refractivity (Wildman–Crippen MR) is 92.6 cm³/mol. The fraction of sp³-hybridized carbons (Fsp3) is 0.474. The first-order valence-electron chi connectivity index (χ1n) is 8.49. The molecule has 4 heteroatoms. The van der Waals surface area contributed by atoms with E-state index in [1.807, 2.05) is 19.9 Å². The largest absolute Gasteiger partial charge is 0.508 e. The van der Waals surface area contributed by atoms with Crippen LogP contribution < -0.4 is 5.32 Å². The lowest BCUT2D eigenvalue weighted by molar-refractivity contribution is 0.382. The molecular formula is C19H25N3O. The Kier molecular flexibility index (Phi) is 4.91. The molecule has 23 heavy (non-hydrogen) atoms. The second-order valence-electron chi connectivity index (χ2n) is 6.52. The summed E-state index contributed by atoms with van der Waals surface area (Å²) in [7, 11) is 0. The number of hydrogen-bond acceptors (Lipinski definition) is 4. The number of phenols is 1. The predicted octanol–water partition coefficient (Wildman–Crippen LogP) is 3.54. The summed E-state index contributed by atoms with van der Waals surface area (Å²) >= 11 is 0. The average Bonchev–Trinajstić information content (AvgIpc) is 2.56. The maximum Gasteiger partial charge on any atom is 0.116 e. The van der Waals surface area contributed by atoms with Gasteiger partial charge in [0, 0.05) is 17.8 Å². The van der Waals surface area contributed by atoms with Crippen molar-refractivity contribution in [1.29, 1.82) is 0 Å². The smallest absolute Gasteiger partial charge is 0.116 e. The van der Waals surface area contributed by atoms with Gasteiger partial charge < -0.3 is 10.4 Å². The molecule has 0 aliphatic carbocycles. The Hall–Kier alpha value is -1.94. The fourth-order valence-corrected chi connectivity index (χ4v) is 3.28. The van der Waals surface area contributed by atoms with Gasteiger partial charge in [0.05, 0.1) is 17.1 Å². The highest BCUT2D eigenvalue weighted by Crippen LogP contribution is 2.27. The Morgan fingerprint density at radius 2 is 2.09 bits per heavy atom. The lowest BCUT2D eigenvalue weighted by atomic mass is 9.96. The molecule has 0 bridgehead atoms. The third-order valence-corrected chi connectivity index (χ3v) is 4.52. The van der Waals surface area contributed by atoms with Crippen molar-refractivity contribution >= 4 is 0 Å². The molecular weight excluding hydrogens is 286 g/mol. The van der Waals surface area contributed by atoms with Crippen LogP contribution in [-0.4, -0.2) is 27.7 Å². The monoisotopic (exact) mass is 311 g/mol. The molecule has 2 N–H and O–H groups in total. The van der Waals surface area contributed by atoms with Crippen molar-refractivity contribution in [1.82, 2.24) is 15.3 Å². The van der Waals surface area contributed by atoms with E-state index in [4.69, 9.17) is 0 Å². The van der Waals surface area contributed by atoms with E-state index >= 15 is 0 Å². The van der Waals surface area contributed by atoms with Gasteiger partial charge in [-0.3, -0.25) is 4.98 Å². The molecule has 0 radical (unpaired) electrons. The lowest BCUT2D eigenvalue weighted by Gasteiger charge is -2.23. The molecule has 3 rings (SSSR count). The summed E-state index contributed by atoms with van der Waals surface area (Å²) < 4.78 is 0. The van der Waals surface area contributed by atoms with E-state index in [0.717, 1.165) is 47.6 Å². The van der Waals surface area contributed by atoms with Crippen LogP contribution in [0.4, 0.5) is 0 Å². The van der Waals surface area contributed by atoms with Crippen molar-refractivity contribution in [2.24, 2.45) is 0 Å². The average molecular weight is 311 g/mol. The summed E-state index contributed by atoms with van der Waals surface area (Å²) in [5.41, 5.74) is 4.75. The van der Waals surface area contributed by atoms with Crippen LogP contribution in [0.25, 0.3) is 11.3 Å². The molecule has 0 amide bonds. The molecule has 2 heterocycles. The summed E-state index contributed by atoms with van der Waals surface area (Å²) in [6, 6.07) is 6.39. The number of benzene rings is 1. The van der Waals surface area contributed by atoms with Crippen molar-refractivity contribution in [3.8, 4) is 17.0 Å². The van der Waals surface area contributed by atoms with Crippen molar-refractivity contribution in [2.45, 2.75) is 52.0 Å². The summed E-state index contributed by atoms with van der Waals surface area (Å²) in [6.07, 6.45) is 7.73. The van der Waals surface area contributed by atoms with Crippen molar-refractivity contribution in [3.05, 3.63) is 41.3 Å². The van der Waals surface area contributed by atoms with Crippen LogP contribution in [0.15, 0.2) is 24.4 Å². The van der Waals surface area contributed by atoms with Gasteiger partial charge in [0.25, 0.3) is 0 Å². The van der Waals surface area contributed by atoms with Crippen molar-refractivity contribution < 1.29 is 5.11 Å². The van der Waals surface area contributed by atoms with Gasteiger partial charge in [-0.25, -0.2) is 4.98 Å². The minimum absolute atomic E-state index is 0.303. The van der Waals surface area contributed by atoms with Crippen LogP contribution in [0.5, 0.6) is 5.75 Å². The number of nitrogens with one attached hydrogen (secondary N) is 1. The van der Waals surface area contributed by atoms with E-state index in [-0.39, 0.29) is 0 Å². The van der Waals surface area contributed by atoms with E-state index in [2.05, 4.69) is 21.4 Å². The molecule has 4 nitrogen and oxygen atoms in total. The Bertz CT molecular complexity index is 678. The molecule has 1 saturated heterocycles. The lowest BCUT2D eigenvalue weighted by Crippen LogP contribution is -2.34. The second kappa shape index (κ2) is 7.09. The third kappa shape index (κ3) is 4.08. The van der Waals surface area contributed by atoms with Gasteiger partial charge in [-0.15, -0.1) is 0 Å². The highest BCUT2D eigenvalue weighted by atomic mass is 16.3. The van der Waals surface area contributed by atoms with Crippen molar-refractivity contribution in [3.63, 3.8) is 0 Å². The summed E-state index contributed by atoms with van der Waals surface area (Å²) in [5.74, 6) is 0.303. The van der Waals surface area contributed by atoms with E-state index in [1.165, 1.54) is 19.3 Å². The quantitative estimate of drug-likeness (QED) is 0.907. The van der Waals surface area contributed by atoms with Crippen LogP contribution in [0.1, 0.15) is 42.6 Å². The number of aryl methyl sites for hydroxylation is 3. The molecule has 122 valence electrons. The standard InChI is InChI=1S/C19H25N3O/c1-13-12-21-14(2)19(22-13)16-9-15(10-18(23)11-16)6-7-17-5-3-4-8-20-17/h9-12,17,20,23H,3-8H2,1-2H3/t17-/m0/s1. The normalized spacial score (nSPS) is 18.1. The van der Waals surface area contributed by atoms with Gasteiger partial charge in [-0.1, -0.05) is 6.42 Å². The maximum absolute atomic E-state index is 10.1. The highest BCUT2D eigenvalue weighted by molar-refractivity contribution is 5.64. The number of hydrogen-bond donors (Lipinski definition) is 2. The zero-order valence-electron chi connectivity index (χ0n) is 14.0. The third-order valence-electron chi connectivity index (χ3n) is 4.52. The molecule has 1 aromatic heterocycles. The minimum Gasteiger partial charge on any atom is -0.508 e. The molecule has 1 aromatic carbocycles. The summed E-state index contributed by atoms with van der Waals surface area (Å²) in [4.78, 5) is 8.97. The van der Waals surface area contributed by atoms with Gasteiger partial charge in [-0.05, 0) is 69.8 Å². The van der Waals surface area contributed by atoms with Crippen LogP contribution >= 0.6 is 0 Å². The Morgan fingerprint density at radius 1 is 1.22 bits per heavy atom. The van der Waals surface area contributed by atoms with Gasteiger partial charge in [0.15, 0.2) is 0 Å². The topological polar surface area (TPSA) is 58.0 Å². The molecule has 1 fully saturated rings. The zero-order valence-corrected chi connectivity index (χ0v) is 14.0. The Labute approximate surface area is 138 Å². The number of piperidine rings is 1. The fourth-order valence-electron chi connectivity index (χ4n) is 3.28. The zero-order chi connectivity index (χ0) is 16.2. The van der Waals surface area contributed by atoms with Gasteiger partial charge in [0.2, 0.25) is 0 Å². The van der Waals surface area contributed by atoms with Gasteiger partial charge in [0.1, 0.15) is 5.75 Å². The SMILES string of the molecule is Cc1cnc(C)c(-c2cc(O)cc(CC[C@@H]3CCCCN3)c2)n1. The molecule has 0 saturated carbocycles. The van der Waals surface area contributed by atoms with E-state index in [1.54, 1.807) is 12.3 Å². The number of phenolic OH excluding ortho intramolecular Hbond substituents is 1. The first-order chi connectivity index (χ1) is 11.1. The Morgan fingerprint density at radius 3 is 2.87 bits per heavy atom. The number of aromatic hydroxyl groups is 1. The minimum atomic E-state index is 0.303. The van der Waals surface area contributed by atoms with E-state index in [9.17, 15) is 5.11 Å². The van der Waals surface area contributed by atoms with Gasteiger partial charge >= 0.3 is 0 Å². The first kappa shape index (κ1) is 15.9. The summed E-state index contributed by atoms with van der Waals surface area (Å²) in [5, 5.41) is 13.7. The second-order valence-corrected chi connectivity index (χ2v) is 6.52. The molecule has 0 spiro atoms. The molecule has 1 atom stereocenters. The van der Waals surface area contributed by atoms with E-state index in [0.29, 0.717) is 11.8 Å². The maximum atomic E-state index is 10.1. The van der Waals surface area contributed by atoms with Crippen molar-refractivity contribution in [2.75, 3.05) is 6.54 Å².